The predicted molar refractivity (Wildman–Crippen MR) is 47.9 cm³/mol. The van der Waals surface area contributed by atoms with Crippen molar-refractivity contribution in [2.45, 2.75) is 44.8 Å². The number of hydrogen-bond acceptors (Lipinski definition) is 1. The summed E-state index contributed by atoms with van der Waals surface area (Å²) in [5.74, 6) is 0.809. The minimum atomic E-state index is 0.442. The molecule has 0 N–H and O–H groups in total. The van der Waals surface area contributed by atoms with Gasteiger partial charge in [-0.15, -0.1) is 0 Å². The van der Waals surface area contributed by atoms with Crippen LogP contribution >= 0.6 is 0 Å². The maximum atomic E-state index is 5.66. The Morgan fingerprint density at radius 2 is 2.33 bits per heavy atom. The molecule has 4 unspecified atom stereocenters. The van der Waals surface area contributed by atoms with Gasteiger partial charge >= 0.3 is 0 Å². The SMILES string of the molecule is C=C1CCC2C3OC3CCC12C. The van der Waals surface area contributed by atoms with E-state index in [0.29, 0.717) is 17.6 Å². The normalized spacial score (nSPS) is 56.4. The van der Waals surface area contributed by atoms with Crippen molar-refractivity contribution in [1.82, 2.24) is 0 Å². The van der Waals surface area contributed by atoms with E-state index in [-0.39, 0.29) is 0 Å². The third-order valence-corrected chi connectivity index (χ3v) is 4.35. The third-order valence-electron chi connectivity index (χ3n) is 4.35. The predicted octanol–water partition coefficient (Wildman–Crippen LogP) is 2.52. The van der Waals surface area contributed by atoms with Gasteiger partial charge in [0.25, 0.3) is 0 Å². The molecule has 1 aliphatic heterocycles. The van der Waals surface area contributed by atoms with Gasteiger partial charge in [0.1, 0.15) is 0 Å². The Labute approximate surface area is 73.8 Å². The van der Waals surface area contributed by atoms with Gasteiger partial charge in [0.15, 0.2) is 0 Å². The molecule has 0 bridgehead atoms. The zero-order valence-corrected chi connectivity index (χ0v) is 7.68. The van der Waals surface area contributed by atoms with E-state index in [0.717, 1.165) is 5.92 Å². The molecule has 0 aromatic rings. The quantitative estimate of drug-likeness (QED) is 0.396. The van der Waals surface area contributed by atoms with Gasteiger partial charge in [0.05, 0.1) is 12.2 Å². The lowest BCUT2D eigenvalue weighted by molar-refractivity contribution is 0.200. The summed E-state index contributed by atoms with van der Waals surface area (Å²) in [4.78, 5) is 0. The third kappa shape index (κ3) is 0.687. The lowest BCUT2D eigenvalue weighted by Crippen LogP contribution is -2.32. The Morgan fingerprint density at radius 3 is 3.17 bits per heavy atom. The van der Waals surface area contributed by atoms with Crippen molar-refractivity contribution >= 4 is 0 Å². The second-order valence-electron chi connectivity index (χ2n) is 4.84. The van der Waals surface area contributed by atoms with E-state index < -0.39 is 0 Å². The molecule has 3 rings (SSSR count). The highest BCUT2D eigenvalue weighted by molar-refractivity contribution is 5.22. The number of rotatable bonds is 0. The molecular formula is C11H16O. The van der Waals surface area contributed by atoms with Crippen LogP contribution < -0.4 is 0 Å². The number of ether oxygens (including phenoxy) is 1. The first-order chi connectivity index (χ1) is 5.72. The van der Waals surface area contributed by atoms with E-state index in [2.05, 4.69) is 13.5 Å². The highest BCUT2D eigenvalue weighted by atomic mass is 16.6. The summed E-state index contributed by atoms with van der Waals surface area (Å²) in [6.45, 7) is 6.60. The molecule has 0 aromatic carbocycles. The van der Waals surface area contributed by atoms with E-state index in [1.807, 2.05) is 0 Å². The fourth-order valence-corrected chi connectivity index (χ4v) is 3.27. The van der Waals surface area contributed by atoms with Gasteiger partial charge < -0.3 is 4.74 Å². The van der Waals surface area contributed by atoms with Crippen molar-refractivity contribution < 1.29 is 4.74 Å². The van der Waals surface area contributed by atoms with Gasteiger partial charge in [-0.2, -0.15) is 0 Å². The summed E-state index contributed by atoms with van der Waals surface area (Å²) in [7, 11) is 0. The number of epoxide rings is 1. The van der Waals surface area contributed by atoms with E-state index >= 15 is 0 Å². The highest BCUT2D eigenvalue weighted by Crippen LogP contribution is 2.60. The first-order valence-corrected chi connectivity index (χ1v) is 5.05. The van der Waals surface area contributed by atoms with E-state index in [9.17, 15) is 0 Å². The number of allylic oxidation sites excluding steroid dienone is 1. The Bertz CT molecular complexity index is 245. The standard InChI is InChI=1S/C11H16O/c1-7-3-4-8-10-9(12-10)5-6-11(7,8)2/h8-10H,1,3-6H2,2H3. The molecule has 1 heteroatoms. The minimum absolute atomic E-state index is 0.442. The molecule has 3 aliphatic rings. The molecule has 1 nitrogen and oxygen atoms in total. The van der Waals surface area contributed by atoms with Crippen LogP contribution in [0.15, 0.2) is 12.2 Å². The summed E-state index contributed by atoms with van der Waals surface area (Å²) >= 11 is 0. The van der Waals surface area contributed by atoms with E-state index in [4.69, 9.17) is 4.74 Å². The van der Waals surface area contributed by atoms with Crippen LogP contribution in [-0.2, 0) is 4.74 Å². The summed E-state index contributed by atoms with van der Waals surface area (Å²) in [5, 5.41) is 0. The van der Waals surface area contributed by atoms with Gasteiger partial charge in [-0.05, 0) is 37.0 Å². The first-order valence-electron chi connectivity index (χ1n) is 5.05. The van der Waals surface area contributed by atoms with Crippen LogP contribution in [0.1, 0.15) is 32.6 Å². The molecule has 2 aliphatic carbocycles. The smallest absolute Gasteiger partial charge is 0.0878 e. The molecule has 4 atom stereocenters. The van der Waals surface area contributed by atoms with Crippen LogP contribution in [0.2, 0.25) is 0 Å². The van der Waals surface area contributed by atoms with Crippen LogP contribution in [0, 0.1) is 11.3 Å². The van der Waals surface area contributed by atoms with Crippen LogP contribution in [0.25, 0.3) is 0 Å². The topological polar surface area (TPSA) is 12.5 Å². The second kappa shape index (κ2) is 1.95. The molecule has 0 spiro atoms. The van der Waals surface area contributed by atoms with Gasteiger partial charge in [-0.25, -0.2) is 0 Å². The molecule has 2 saturated carbocycles. The van der Waals surface area contributed by atoms with Crippen LogP contribution in [0.5, 0.6) is 0 Å². The largest absolute Gasteiger partial charge is 0.369 e. The summed E-state index contributed by atoms with van der Waals surface area (Å²) in [6.07, 6.45) is 6.41. The van der Waals surface area contributed by atoms with Crippen LogP contribution in [-0.4, -0.2) is 12.2 Å². The summed E-state index contributed by atoms with van der Waals surface area (Å²) < 4.78 is 5.66. The van der Waals surface area contributed by atoms with E-state index in [1.165, 1.54) is 31.3 Å². The van der Waals surface area contributed by atoms with Crippen molar-refractivity contribution in [2.75, 3.05) is 0 Å². The monoisotopic (exact) mass is 164 g/mol. The zero-order chi connectivity index (χ0) is 8.34. The second-order valence-corrected chi connectivity index (χ2v) is 4.84. The molecule has 0 radical (unpaired) electrons. The van der Waals surface area contributed by atoms with Gasteiger partial charge in [-0.1, -0.05) is 19.1 Å². The molecule has 0 aromatic heterocycles. The molecule has 1 saturated heterocycles. The van der Waals surface area contributed by atoms with Crippen molar-refractivity contribution in [3.05, 3.63) is 12.2 Å². The minimum Gasteiger partial charge on any atom is -0.369 e. The Hall–Kier alpha value is -0.300. The zero-order valence-electron chi connectivity index (χ0n) is 7.68. The fourth-order valence-electron chi connectivity index (χ4n) is 3.27. The fraction of sp³-hybridized carbons (Fsp3) is 0.818. The van der Waals surface area contributed by atoms with Gasteiger partial charge in [-0.3, -0.25) is 0 Å². The molecule has 1 heterocycles. The van der Waals surface area contributed by atoms with Crippen LogP contribution in [0.3, 0.4) is 0 Å². The molecule has 66 valence electrons. The summed E-state index contributed by atoms with van der Waals surface area (Å²) in [6, 6.07) is 0. The maximum Gasteiger partial charge on any atom is 0.0878 e. The number of fused-ring (bicyclic) bond motifs is 3. The Morgan fingerprint density at radius 1 is 1.50 bits per heavy atom. The lowest BCUT2D eigenvalue weighted by Gasteiger charge is -2.34. The summed E-state index contributed by atoms with van der Waals surface area (Å²) in [5.41, 5.74) is 1.93. The van der Waals surface area contributed by atoms with Crippen molar-refractivity contribution in [3.8, 4) is 0 Å². The average Bonchev–Trinajstić information content (AvgIpc) is 2.76. The molecule has 12 heavy (non-hydrogen) atoms. The number of hydrogen-bond donors (Lipinski definition) is 0. The van der Waals surface area contributed by atoms with Crippen molar-refractivity contribution in [1.29, 1.82) is 0 Å². The molecular weight excluding hydrogens is 148 g/mol. The lowest BCUT2D eigenvalue weighted by atomic mass is 9.68. The maximum absolute atomic E-state index is 5.66. The van der Waals surface area contributed by atoms with Gasteiger partial charge in [0.2, 0.25) is 0 Å². The van der Waals surface area contributed by atoms with Crippen molar-refractivity contribution in [2.24, 2.45) is 11.3 Å². The molecule has 0 amide bonds. The van der Waals surface area contributed by atoms with Crippen molar-refractivity contribution in [3.63, 3.8) is 0 Å². The Balaban J connectivity index is 1.96. The molecule has 3 fully saturated rings. The van der Waals surface area contributed by atoms with E-state index in [1.54, 1.807) is 0 Å². The first kappa shape index (κ1) is 7.14. The highest BCUT2D eigenvalue weighted by Gasteiger charge is 2.58. The Kier molecular flexibility index (Phi) is 1.16. The van der Waals surface area contributed by atoms with Gasteiger partial charge in [0, 0.05) is 0 Å². The average molecular weight is 164 g/mol. The van der Waals surface area contributed by atoms with Crippen LogP contribution in [0.4, 0.5) is 0 Å².